The molecule has 0 saturated carbocycles. The second-order valence-corrected chi connectivity index (χ2v) is 6.13. The van der Waals surface area contributed by atoms with Gasteiger partial charge in [0.2, 0.25) is 0 Å². The second kappa shape index (κ2) is 6.70. The normalized spacial score (nSPS) is 21.3. The van der Waals surface area contributed by atoms with Crippen molar-refractivity contribution in [2.45, 2.75) is 45.3 Å². The molecule has 1 aliphatic heterocycles. The van der Waals surface area contributed by atoms with E-state index in [-0.39, 0.29) is 6.04 Å². The van der Waals surface area contributed by atoms with Crippen LogP contribution in [0.25, 0.3) is 0 Å². The van der Waals surface area contributed by atoms with Crippen LogP contribution in [0.1, 0.15) is 38.8 Å². The van der Waals surface area contributed by atoms with E-state index in [4.69, 9.17) is 5.73 Å². The smallest absolute Gasteiger partial charge is 0.0538 e. The Hall–Kier alpha value is -0.910. The Labute approximate surface area is 122 Å². The van der Waals surface area contributed by atoms with Crippen LogP contribution < -0.4 is 5.73 Å². The van der Waals surface area contributed by atoms with Crippen molar-refractivity contribution < 1.29 is 0 Å². The topological polar surface area (TPSA) is 50.3 Å². The van der Waals surface area contributed by atoms with Crippen LogP contribution in [0.2, 0.25) is 0 Å². The Morgan fingerprint density at radius 1 is 1.20 bits per heavy atom. The van der Waals surface area contributed by atoms with Crippen LogP contribution in [0, 0.1) is 0 Å². The van der Waals surface area contributed by atoms with Crippen molar-refractivity contribution in [3.05, 3.63) is 18.0 Å². The lowest BCUT2D eigenvalue weighted by atomic mass is 9.98. The zero-order valence-corrected chi connectivity index (χ0v) is 13.3. The highest BCUT2D eigenvalue weighted by Gasteiger charge is 2.30. The Balaban J connectivity index is 2.09. The summed E-state index contributed by atoms with van der Waals surface area (Å²) >= 11 is 0. The highest BCUT2D eigenvalue weighted by molar-refractivity contribution is 5.14. The van der Waals surface area contributed by atoms with Crippen LogP contribution in [0.15, 0.2) is 12.4 Å². The summed E-state index contributed by atoms with van der Waals surface area (Å²) in [6.07, 6.45) is 5.06. The SMILES string of the molecule is CCC(N)C(c1cnn(C)c1)N1CCN(C(C)C)CC1. The fourth-order valence-electron chi connectivity index (χ4n) is 3.08. The molecule has 0 radical (unpaired) electrons. The number of aryl methyl sites for hydroxylation is 1. The molecule has 2 rings (SSSR count). The van der Waals surface area contributed by atoms with Crippen molar-refractivity contribution in [1.29, 1.82) is 0 Å². The molecular weight excluding hydrogens is 250 g/mol. The molecule has 0 aliphatic carbocycles. The van der Waals surface area contributed by atoms with Crippen LogP contribution in [-0.4, -0.2) is 57.8 Å². The Morgan fingerprint density at radius 3 is 2.25 bits per heavy atom. The first-order valence-corrected chi connectivity index (χ1v) is 7.75. The number of aromatic nitrogens is 2. The van der Waals surface area contributed by atoms with Crippen molar-refractivity contribution in [3.63, 3.8) is 0 Å². The molecule has 1 aromatic rings. The Bertz CT molecular complexity index is 406. The van der Waals surface area contributed by atoms with E-state index in [0.717, 1.165) is 32.6 Å². The minimum Gasteiger partial charge on any atom is -0.326 e. The highest BCUT2D eigenvalue weighted by Crippen LogP contribution is 2.26. The Kier molecular flexibility index (Phi) is 5.18. The maximum Gasteiger partial charge on any atom is 0.0538 e. The fraction of sp³-hybridized carbons (Fsp3) is 0.800. The predicted octanol–water partition coefficient (Wildman–Crippen LogP) is 1.22. The van der Waals surface area contributed by atoms with Crippen LogP contribution in [0.4, 0.5) is 0 Å². The molecule has 1 saturated heterocycles. The van der Waals surface area contributed by atoms with Gasteiger partial charge in [0, 0.05) is 57.1 Å². The van der Waals surface area contributed by atoms with Gasteiger partial charge in [-0.2, -0.15) is 5.10 Å². The molecule has 5 nitrogen and oxygen atoms in total. The number of piperazine rings is 1. The summed E-state index contributed by atoms with van der Waals surface area (Å²) in [6, 6.07) is 1.10. The number of hydrogen-bond acceptors (Lipinski definition) is 4. The van der Waals surface area contributed by atoms with E-state index in [9.17, 15) is 0 Å². The fourth-order valence-corrected chi connectivity index (χ4v) is 3.08. The molecule has 2 unspecified atom stereocenters. The Morgan fingerprint density at radius 2 is 1.80 bits per heavy atom. The molecule has 5 heteroatoms. The van der Waals surface area contributed by atoms with E-state index in [1.165, 1.54) is 5.56 Å². The minimum absolute atomic E-state index is 0.171. The first kappa shape index (κ1) is 15.5. The monoisotopic (exact) mass is 279 g/mol. The zero-order valence-electron chi connectivity index (χ0n) is 13.3. The van der Waals surface area contributed by atoms with E-state index < -0.39 is 0 Å². The molecule has 2 atom stereocenters. The van der Waals surface area contributed by atoms with Crippen LogP contribution in [0.5, 0.6) is 0 Å². The molecule has 0 spiro atoms. The van der Waals surface area contributed by atoms with Crippen molar-refractivity contribution in [2.24, 2.45) is 12.8 Å². The number of hydrogen-bond donors (Lipinski definition) is 1. The van der Waals surface area contributed by atoms with E-state index in [1.807, 2.05) is 17.9 Å². The van der Waals surface area contributed by atoms with Gasteiger partial charge in [-0.25, -0.2) is 0 Å². The maximum atomic E-state index is 6.39. The number of nitrogens with two attached hydrogens (primary N) is 1. The first-order chi connectivity index (χ1) is 9.52. The minimum atomic E-state index is 0.171. The molecule has 0 aromatic carbocycles. The number of rotatable bonds is 5. The van der Waals surface area contributed by atoms with Crippen molar-refractivity contribution >= 4 is 0 Å². The van der Waals surface area contributed by atoms with Gasteiger partial charge in [-0.15, -0.1) is 0 Å². The molecule has 20 heavy (non-hydrogen) atoms. The first-order valence-electron chi connectivity index (χ1n) is 7.75. The lowest BCUT2D eigenvalue weighted by molar-refractivity contribution is 0.0679. The summed E-state index contributed by atoms with van der Waals surface area (Å²) < 4.78 is 1.87. The molecule has 1 aromatic heterocycles. The van der Waals surface area contributed by atoms with Gasteiger partial charge in [0.15, 0.2) is 0 Å². The third kappa shape index (κ3) is 3.40. The third-order valence-electron chi connectivity index (χ3n) is 4.42. The average Bonchev–Trinajstić information content (AvgIpc) is 2.85. The maximum absolute atomic E-state index is 6.39. The predicted molar refractivity (Wildman–Crippen MR) is 82.5 cm³/mol. The third-order valence-corrected chi connectivity index (χ3v) is 4.42. The summed E-state index contributed by atoms with van der Waals surface area (Å²) in [7, 11) is 1.97. The van der Waals surface area contributed by atoms with Crippen molar-refractivity contribution in [3.8, 4) is 0 Å². The molecule has 2 heterocycles. The van der Waals surface area contributed by atoms with E-state index in [1.54, 1.807) is 0 Å². The average molecular weight is 279 g/mol. The summed E-state index contributed by atoms with van der Waals surface area (Å²) in [6.45, 7) is 11.1. The van der Waals surface area contributed by atoms with E-state index in [0.29, 0.717) is 12.1 Å². The summed E-state index contributed by atoms with van der Waals surface area (Å²) in [4.78, 5) is 5.07. The van der Waals surface area contributed by atoms with Gasteiger partial charge in [0.25, 0.3) is 0 Å². The second-order valence-electron chi connectivity index (χ2n) is 6.13. The van der Waals surface area contributed by atoms with Gasteiger partial charge in [0.1, 0.15) is 0 Å². The highest BCUT2D eigenvalue weighted by atomic mass is 15.3. The number of nitrogens with zero attached hydrogens (tertiary/aromatic N) is 4. The van der Waals surface area contributed by atoms with Gasteiger partial charge < -0.3 is 5.73 Å². The molecular formula is C15H29N5. The molecule has 2 N–H and O–H groups in total. The largest absolute Gasteiger partial charge is 0.326 e. The van der Waals surface area contributed by atoms with Crippen molar-refractivity contribution in [1.82, 2.24) is 19.6 Å². The van der Waals surface area contributed by atoms with Crippen LogP contribution in [-0.2, 0) is 7.05 Å². The van der Waals surface area contributed by atoms with Crippen LogP contribution >= 0.6 is 0 Å². The molecule has 114 valence electrons. The van der Waals surface area contributed by atoms with Gasteiger partial charge in [-0.1, -0.05) is 6.92 Å². The van der Waals surface area contributed by atoms with Gasteiger partial charge in [-0.3, -0.25) is 14.5 Å². The standard InChI is InChI=1S/C15H29N5/c1-5-14(16)15(13-10-17-18(4)11-13)20-8-6-19(7-9-20)12(2)3/h10-12,14-15H,5-9,16H2,1-4H3. The van der Waals surface area contributed by atoms with Crippen LogP contribution in [0.3, 0.4) is 0 Å². The molecule has 0 bridgehead atoms. The summed E-state index contributed by atoms with van der Waals surface area (Å²) in [5.74, 6) is 0. The molecule has 0 amide bonds. The molecule has 1 fully saturated rings. The quantitative estimate of drug-likeness (QED) is 0.880. The van der Waals surface area contributed by atoms with E-state index in [2.05, 4.69) is 41.9 Å². The lowest BCUT2D eigenvalue weighted by Crippen LogP contribution is -2.52. The van der Waals surface area contributed by atoms with Gasteiger partial charge in [-0.05, 0) is 20.3 Å². The molecule has 1 aliphatic rings. The zero-order chi connectivity index (χ0) is 14.7. The van der Waals surface area contributed by atoms with Gasteiger partial charge in [0.05, 0.1) is 12.2 Å². The summed E-state index contributed by atoms with van der Waals surface area (Å²) in [5.41, 5.74) is 7.64. The van der Waals surface area contributed by atoms with E-state index >= 15 is 0 Å². The van der Waals surface area contributed by atoms with Crippen molar-refractivity contribution in [2.75, 3.05) is 26.2 Å². The van der Waals surface area contributed by atoms with Gasteiger partial charge >= 0.3 is 0 Å². The summed E-state index contributed by atoms with van der Waals surface area (Å²) in [5, 5.41) is 4.32. The lowest BCUT2D eigenvalue weighted by Gasteiger charge is -2.42.